The van der Waals surface area contributed by atoms with Crippen LogP contribution in [0.5, 0.6) is 11.5 Å². The molecule has 0 saturated carbocycles. The Labute approximate surface area is 168 Å². The van der Waals surface area contributed by atoms with Crippen molar-refractivity contribution in [2.45, 2.75) is 20.1 Å². The number of hydrogen-bond donors (Lipinski definition) is 2. The molecular weight excluding hydrogens is 441 g/mol. The van der Waals surface area contributed by atoms with Gasteiger partial charge in [-0.25, -0.2) is 4.39 Å². The van der Waals surface area contributed by atoms with Crippen LogP contribution in [0.2, 0.25) is 5.02 Å². The third-order valence-electron chi connectivity index (χ3n) is 3.59. The number of halogens is 3. The summed E-state index contributed by atoms with van der Waals surface area (Å²) in [6.45, 7) is 2.75. The van der Waals surface area contributed by atoms with E-state index in [0.717, 1.165) is 5.56 Å². The second kappa shape index (κ2) is 9.01. The monoisotopic (exact) mass is 455 g/mol. The van der Waals surface area contributed by atoms with E-state index in [9.17, 15) is 4.39 Å². The Morgan fingerprint density at radius 1 is 1.30 bits per heavy atom. The van der Waals surface area contributed by atoms with Crippen LogP contribution >= 0.6 is 27.5 Å². The fraction of sp³-hybridized carbons (Fsp3) is 0.235. The summed E-state index contributed by atoms with van der Waals surface area (Å²) in [7, 11) is 0. The van der Waals surface area contributed by atoms with Gasteiger partial charge in [0.2, 0.25) is 0 Å². The van der Waals surface area contributed by atoms with E-state index in [4.69, 9.17) is 21.1 Å². The minimum absolute atomic E-state index is 0.0232. The summed E-state index contributed by atoms with van der Waals surface area (Å²) in [4.78, 5) is 0. The van der Waals surface area contributed by atoms with Gasteiger partial charge in [-0.1, -0.05) is 22.8 Å². The maximum absolute atomic E-state index is 14.0. The van der Waals surface area contributed by atoms with Gasteiger partial charge in [0.1, 0.15) is 12.4 Å². The van der Waals surface area contributed by atoms with Gasteiger partial charge in [0, 0.05) is 12.1 Å². The van der Waals surface area contributed by atoms with Crippen LogP contribution in [0.3, 0.4) is 0 Å². The van der Waals surface area contributed by atoms with Crippen molar-refractivity contribution < 1.29 is 13.9 Å². The van der Waals surface area contributed by atoms with Crippen LogP contribution in [0.25, 0.3) is 0 Å². The van der Waals surface area contributed by atoms with E-state index in [1.807, 2.05) is 19.1 Å². The van der Waals surface area contributed by atoms with Crippen LogP contribution in [0.4, 0.5) is 10.3 Å². The van der Waals surface area contributed by atoms with E-state index in [1.165, 1.54) is 6.07 Å². The second-order valence-electron chi connectivity index (χ2n) is 5.42. The van der Waals surface area contributed by atoms with Gasteiger partial charge in [0.25, 0.3) is 5.95 Å². The highest BCUT2D eigenvalue weighted by Gasteiger charge is 2.15. The Bertz CT molecular complexity index is 890. The van der Waals surface area contributed by atoms with Gasteiger partial charge in [-0.05, 0) is 57.9 Å². The lowest BCUT2D eigenvalue weighted by molar-refractivity contribution is 0.264. The molecule has 3 aromatic rings. The SMILES string of the molecule is CCOc1cc(CNc2nn[nH]n2)cc(Br)c1OCc1c(F)cccc1Cl. The van der Waals surface area contributed by atoms with Crippen molar-refractivity contribution in [2.75, 3.05) is 11.9 Å². The number of rotatable bonds is 8. The molecule has 0 atom stereocenters. The summed E-state index contributed by atoms with van der Waals surface area (Å²) in [5.74, 6) is 0.972. The molecule has 0 saturated heterocycles. The molecule has 0 spiro atoms. The molecule has 1 heterocycles. The lowest BCUT2D eigenvalue weighted by atomic mass is 10.2. The Hall–Kier alpha value is -2.39. The summed E-state index contributed by atoms with van der Waals surface area (Å²) in [6.07, 6.45) is 0. The van der Waals surface area contributed by atoms with Crippen molar-refractivity contribution >= 4 is 33.5 Å². The molecule has 0 radical (unpaired) electrons. The first-order valence-electron chi connectivity index (χ1n) is 8.06. The molecule has 10 heteroatoms. The summed E-state index contributed by atoms with van der Waals surface area (Å²) in [5.41, 5.74) is 1.20. The first kappa shape index (κ1) is 19.4. The average Bonchev–Trinajstić information content (AvgIpc) is 3.15. The molecule has 2 N–H and O–H groups in total. The highest BCUT2D eigenvalue weighted by atomic mass is 79.9. The van der Waals surface area contributed by atoms with Gasteiger partial charge in [-0.2, -0.15) is 5.21 Å². The average molecular weight is 457 g/mol. The molecule has 3 rings (SSSR count). The van der Waals surface area contributed by atoms with Gasteiger partial charge in [-0.3, -0.25) is 0 Å². The Morgan fingerprint density at radius 3 is 2.85 bits per heavy atom. The normalized spacial score (nSPS) is 10.7. The van der Waals surface area contributed by atoms with Crippen LogP contribution < -0.4 is 14.8 Å². The molecule has 0 unspecified atom stereocenters. The number of nitrogens with one attached hydrogen (secondary N) is 2. The quantitative estimate of drug-likeness (QED) is 0.524. The van der Waals surface area contributed by atoms with E-state index in [1.54, 1.807) is 12.1 Å². The first-order chi connectivity index (χ1) is 13.1. The maximum Gasteiger partial charge on any atom is 0.263 e. The largest absolute Gasteiger partial charge is 0.490 e. The third-order valence-corrected chi connectivity index (χ3v) is 4.53. The predicted octanol–water partition coefficient (Wildman–Crippen LogP) is 4.34. The van der Waals surface area contributed by atoms with Crippen LogP contribution in [-0.4, -0.2) is 27.2 Å². The number of hydrogen-bond acceptors (Lipinski definition) is 6. The fourth-order valence-corrected chi connectivity index (χ4v) is 3.18. The number of nitrogens with zero attached hydrogens (tertiary/aromatic N) is 3. The van der Waals surface area contributed by atoms with Gasteiger partial charge < -0.3 is 14.8 Å². The fourth-order valence-electron chi connectivity index (χ4n) is 2.36. The van der Waals surface area contributed by atoms with E-state index < -0.39 is 5.82 Å². The van der Waals surface area contributed by atoms with Gasteiger partial charge in [0.05, 0.1) is 16.1 Å². The summed E-state index contributed by atoms with van der Waals surface area (Å²) >= 11 is 9.55. The first-order valence-corrected chi connectivity index (χ1v) is 9.23. The van der Waals surface area contributed by atoms with Gasteiger partial charge in [0.15, 0.2) is 11.5 Å². The van der Waals surface area contributed by atoms with Crippen LogP contribution in [0.15, 0.2) is 34.8 Å². The lowest BCUT2D eigenvalue weighted by Crippen LogP contribution is -2.05. The number of tetrazole rings is 1. The Kier molecular flexibility index (Phi) is 6.46. The van der Waals surface area contributed by atoms with Gasteiger partial charge >= 0.3 is 0 Å². The highest BCUT2D eigenvalue weighted by Crippen LogP contribution is 2.38. The summed E-state index contributed by atoms with van der Waals surface area (Å²) in [6, 6.07) is 8.21. The molecule has 0 aliphatic carbocycles. The van der Waals surface area contributed by atoms with Crippen LogP contribution in [0.1, 0.15) is 18.1 Å². The topological polar surface area (TPSA) is 85.0 Å². The van der Waals surface area contributed by atoms with Crippen LogP contribution in [-0.2, 0) is 13.2 Å². The minimum atomic E-state index is -0.419. The predicted molar refractivity (Wildman–Crippen MR) is 103 cm³/mol. The molecule has 0 amide bonds. The molecule has 0 aliphatic rings. The zero-order valence-electron chi connectivity index (χ0n) is 14.3. The van der Waals surface area contributed by atoms with E-state index >= 15 is 0 Å². The molecule has 0 bridgehead atoms. The summed E-state index contributed by atoms with van der Waals surface area (Å²) in [5, 5.41) is 16.9. The zero-order chi connectivity index (χ0) is 19.2. The molecule has 7 nitrogen and oxygen atoms in total. The molecule has 2 aromatic carbocycles. The van der Waals surface area contributed by atoms with E-state index in [0.29, 0.717) is 40.1 Å². The van der Waals surface area contributed by atoms with E-state index in [2.05, 4.69) is 41.9 Å². The maximum atomic E-state index is 14.0. The molecule has 27 heavy (non-hydrogen) atoms. The molecule has 1 aromatic heterocycles. The standard InChI is InChI=1S/C17H16BrClFN5O2/c1-2-26-15-7-10(8-21-17-22-24-25-23-17)6-12(18)16(15)27-9-11-13(19)4-3-5-14(11)20/h3-7H,2,8-9H2,1H3,(H2,21,22,23,24,25). The minimum Gasteiger partial charge on any atom is -0.490 e. The number of aromatic amines is 1. The number of H-pyrrole nitrogens is 1. The highest BCUT2D eigenvalue weighted by molar-refractivity contribution is 9.10. The van der Waals surface area contributed by atoms with Crippen molar-refractivity contribution in [3.8, 4) is 11.5 Å². The molecule has 0 aliphatic heterocycles. The zero-order valence-corrected chi connectivity index (χ0v) is 16.6. The molecule has 0 fully saturated rings. The number of ether oxygens (including phenoxy) is 2. The van der Waals surface area contributed by atoms with Crippen molar-refractivity contribution in [3.63, 3.8) is 0 Å². The summed E-state index contributed by atoms with van der Waals surface area (Å²) < 4.78 is 26.1. The van der Waals surface area contributed by atoms with Crippen molar-refractivity contribution in [3.05, 3.63) is 56.8 Å². The Morgan fingerprint density at radius 2 is 2.15 bits per heavy atom. The van der Waals surface area contributed by atoms with Crippen molar-refractivity contribution in [1.82, 2.24) is 20.6 Å². The third kappa shape index (κ3) is 4.86. The lowest BCUT2D eigenvalue weighted by Gasteiger charge is -2.16. The molecular formula is C17H16BrClFN5O2. The number of benzene rings is 2. The number of anilines is 1. The molecule has 142 valence electrons. The Balaban J connectivity index is 1.79. The number of aromatic nitrogens is 4. The van der Waals surface area contributed by atoms with Gasteiger partial charge in [-0.15, -0.1) is 5.10 Å². The second-order valence-corrected chi connectivity index (χ2v) is 6.68. The van der Waals surface area contributed by atoms with E-state index in [-0.39, 0.29) is 12.2 Å². The van der Waals surface area contributed by atoms with Crippen molar-refractivity contribution in [2.24, 2.45) is 0 Å². The van der Waals surface area contributed by atoms with Crippen LogP contribution in [0, 0.1) is 5.82 Å². The van der Waals surface area contributed by atoms with Crippen molar-refractivity contribution in [1.29, 1.82) is 0 Å². The smallest absolute Gasteiger partial charge is 0.263 e.